The Morgan fingerprint density at radius 3 is 2.83 bits per heavy atom. The van der Waals surface area contributed by atoms with Gasteiger partial charge < -0.3 is 14.8 Å². The molecule has 1 N–H and O–H groups in total. The molecule has 2 heterocycles. The lowest BCUT2D eigenvalue weighted by molar-refractivity contribution is -0.139. The summed E-state index contributed by atoms with van der Waals surface area (Å²) in [5.74, 6) is -0.485. The first-order valence-corrected chi connectivity index (χ1v) is 7.90. The Morgan fingerprint density at radius 1 is 1.46 bits per heavy atom. The number of nitrogens with zero attached hydrogens (tertiary/aromatic N) is 1. The summed E-state index contributed by atoms with van der Waals surface area (Å²) in [5, 5.41) is 2.69. The number of carbonyl (C=O) groups is 1. The molecule has 134 valence electrons. The van der Waals surface area contributed by atoms with Crippen LogP contribution in [-0.4, -0.2) is 37.3 Å². The zero-order chi connectivity index (χ0) is 17.6. The van der Waals surface area contributed by atoms with Crippen LogP contribution in [0.1, 0.15) is 25.3 Å². The van der Waals surface area contributed by atoms with Gasteiger partial charge in [-0.2, -0.15) is 13.2 Å². The molecule has 8 heteroatoms. The van der Waals surface area contributed by atoms with Crippen molar-refractivity contribution in [2.24, 2.45) is 11.8 Å². The summed E-state index contributed by atoms with van der Waals surface area (Å²) in [4.78, 5) is 15.7. The Bertz CT molecular complexity index is 546. The highest BCUT2D eigenvalue weighted by atomic mass is 19.4. The number of alkyl halides is 3. The first-order chi connectivity index (χ1) is 11.4. The summed E-state index contributed by atoms with van der Waals surface area (Å²) in [6.45, 7) is 3.22. The number of halogens is 3. The van der Waals surface area contributed by atoms with Gasteiger partial charge in [-0.1, -0.05) is 6.92 Å². The predicted octanol–water partition coefficient (Wildman–Crippen LogP) is 2.66. The summed E-state index contributed by atoms with van der Waals surface area (Å²) in [7, 11) is 0. The molecule has 1 atom stereocenters. The topological polar surface area (TPSA) is 60.5 Å². The van der Waals surface area contributed by atoms with Gasteiger partial charge >= 0.3 is 6.18 Å². The van der Waals surface area contributed by atoms with Crippen LogP contribution in [0.4, 0.5) is 13.2 Å². The number of carbonyl (C=O) groups excluding carboxylic acids is 1. The van der Waals surface area contributed by atoms with Gasteiger partial charge in [0.05, 0.1) is 6.54 Å². The molecule has 0 aromatic carbocycles. The van der Waals surface area contributed by atoms with Crippen molar-refractivity contribution in [1.29, 1.82) is 0 Å². The Morgan fingerprint density at radius 2 is 2.17 bits per heavy atom. The third kappa shape index (κ3) is 5.09. The maximum atomic E-state index is 12.8. The number of hydrogen-bond acceptors (Lipinski definition) is 4. The molecule has 1 aromatic rings. The fourth-order valence-corrected chi connectivity index (χ4v) is 2.63. The van der Waals surface area contributed by atoms with Crippen molar-refractivity contribution in [3.8, 4) is 5.88 Å². The quantitative estimate of drug-likeness (QED) is 0.805. The largest absolute Gasteiger partial charge is 0.475 e. The lowest BCUT2D eigenvalue weighted by Gasteiger charge is -2.26. The summed E-state index contributed by atoms with van der Waals surface area (Å²) in [6.07, 6.45) is -1.61. The molecule has 5 nitrogen and oxygen atoms in total. The van der Waals surface area contributed by atoms with Crippen LogP contribution < -0.4 is 10.1 Å². The molecule has 0 aliphatic carbocycles. The second-order valence-corrected chi connectivity index (χ2v) is 5.73. The first kappa shape index (κ1) is 18.5. The molecule has 2 rings (SSSR count). The molecular weight excluding hydrogens is 325 g/mol. The molecule has 0 spiro atoms. The molecule has 0 radical (unpaired) electrons. The third-order valence-electron chi connectivity index (χ3n) is 4.10. The average Bonchev–Trinajstić information content (AvgIpc) is 2.58. The van der Waals surface area contributed by atoms with Gasteiger partial charge in [-0.3, -0.25) is 4.79 Å². The summed E-state index contributed by atoms with van der Waals surface area (Å²) in [6, 6.07) is 2.11. The van der Waals surface area contributed by atoms with Crippen LogP contribution in [0.5, 0.6) is 5.88 Å². The smallest absolute Gasteiger partial charge is 0.421 e. The molecular formula is C16H21F3N2O3. The molecule has 0 unspecified atom stereocenters. The van der Waals surface area contributed by atoms with Crippen LogP contribution in [-0.2, 0) is 15.7 Å². The van der Waals surface area contributed by atoms with E-state index in [0.29, 0.717) is 13.2 Å². The highest BCUT2D eigenvalue weighted by molar-refractivity contribution is 5.78. The number of hydrogen-bond donors (Lipinski definition) is 1. The van der Waals surface area contributed by atoms with E-state index in [1.807, 2.05) is 6.92 Å². The van der Waals surface area contributed by atoms with E-state index in [4.69, 9.17) is 9.47 Å². The maximum absolute atomic E-state index is 12.8. The first-order valence-electron chi connectivity index (χ1n) is 7.90. The second-order valence-electron chi connectivity index (χ2n) is 5.73. The van der Waals surface area contributed by atoms with Gasteiger partial charge in [0.2, 0.25) is 11.8 Å². The monoisotopic (exact) mass is 346 g/mol. The average molecular weight is 346 g/mol. The minimum atomic E-state index is -4.52. The van der Waals surface area contributed by atoms with E-state index in [9.17, 15) is 18.0 Å². The van der Waals surface area contributed by atoms with E-state index < -0.39 is 17.6 Å². The van der Waals surface area contributed by atoms with Crippen molar-refractivity contribution in [3.05, 3.63) is 23.9 Å². The van der Waals surface area contributed by atoms with Crippen molar-refractivity contribution < 1.29 is 27.4 Å². The van der Waals surface area contributed by atoms with E-state index in [0.717, 1.165) is 18.9 Å². The maximum Gasteiger partial charge on any atom is 0.421 e. The Labute approximate surface area is 138 Å². The molecule has 1 aliphatic rings. The molecule has 1 amide bonds. The van der Waals surface area contributed by atoms with Crippen molar-refractivity contribution in [3.63, 3.8) is 0 Å². The van der Waals surface area contributed by atoms with Gasteiger partial charge in [-0.05, 0) is 30.9 Å². The van der Waals surface area contributed by atoms with Gasteiger partial charge in [0.1, 0.15) is 12.2 Å². The van der Waals surface area contributed by atoms with Crippen molar-refractivity contribution >= 4 is 5.91 Å². The van der Waals surface area contributed by atoms with Crippen LogP contribution >= 0.6 is 0 Å². The molecule has 0 bridgehead atoms. The van der Waals surface area contributed by atoms with Crippen molar-refractivity contribution in [1.82, 2.24) is 10.3 Å². The van der Waals surface area contributed by atoms with E-state index in [2.05, 4.69) is 10.3 Å². The minimum Gasteiger partial charge on any atom is -0.475 e. The third-order valence-corrected chi connectivity index (χ3v) is 4.10. The number of nitrogens with one attached hydrogen (secondary N) is 1. The highest BCUT2D eigenvalue weighted by Gasteiger charge is 2.35. The summed E-state index contributed by atoms with van der Waals surface area (Å²) in [5.41, 5.74) is -0.924. The van der Waals surface area contributed by atoms with Gasteiger partial charge in [-0.15, -0.1) is 0 Å². The second kappa shape index (κ2) is 8.32. The number of pyridine rings is 1. The van der Waals surface area contributed by atoms with E-state index in [1.54, 1.807) is 0 Å². The normalized spacial score (nSPS) is 17.3. The van der Waals surface area contributed by atoms with Crippen LogP contribution in [0.25, 0.3) is 0 Å². The van der Waals surface area contributed by atoms with Gasteiger partial charge in [0, 0.05) is 25.3 Å². The lowest BCUT2D eigenvalue weighted by Crippen LogP contribution is -2.37. The Kier molecular flexibility index (Phi) is 6.42. The fourth-order valence-electron chi connectivity index (χ4n) is 2.63. The fraction of sp³-hybridized carbons (Fsp3) is 0.625. The number of aromatic nitrogens is 1. The van der Waals surface area contributed by atoms with Gasteiger partial charge in [0.25, 0.3) is 0 Å². The lowest BCUT2D eigenvalue weighted by atomic mass is 9.87. The molecule has 24 heavy (non-hydrogen) atoms. The van der Waals surface area contributed by atoms with Gasteiger partial charge in [0.15, 0.2) is 0 Å². The number of ether oxygens (including phenoxy) is 2. The minimum absolute atomic E-state index is 0.0771. The van der Waals surface area contributed by atoms with Crippen LogP contribution in [0.15, 0.2) is 18.3 Å². The van der Waals surface area contributed by atoms with E-state index in [-0.39, 0.29) is 30.9 Å². The molecule has 1 fully saturated rings. The standard InChI is InChI=1S/C16H21F3N2O3/c1-11(12-4-8-23-9-5-12)14(22)20-7-10-24-15-13(16(17,18)19)3-2-6-21-15/h2-3,6,11-12H,4-5,7-10H2,1H3,(H,20,22)/t11-/m0/s1. The van der Waals surface area contributed by atoms with Crippen molar-refractivity contribution in [2.75, 3.05) is 26.4 Å². The molecule has 1 saturated heterocycles. The van der Waals surface area contributed by atoms with Crippen LogP contribution in [0.2, 0.25) is 0 Å². The molecule has 1 aliphatic heterocycles. The Hall–Kier alpha value is -1.83. The zero-order valence-corrected chi connectivity index (χ0v) is 13.4. The van der Waals surface area contributed by atoms with E-state index in [1.165, 1.54) is 12.3 Å². The molecule has 0 saturated carbocycles. The van der Waals surface area contributed by atoms with E-state index >= 15 is 0 Å². The number of amides is 1. The van der Waals surface area contributed by atoms with Crippen LogP contribution in [0.3, 0.4) is 0 Å². The molecule has 1 aromatic heterocycles. The summed E-state index contributed by atoms with van der Waals surface area (Å²) >= 11 is 0. The SMILES string of the molecule is C[C@H](C(=O)NCCOc1ncccc1C(F)(F)F)C1CCOCC1. The Balaban J connectivity index is 1.78. The summed E-state index contributed by atoms with van der Waals surface area (Å²) < 4.78 is 48.7. The van der Waals surface area contributed by atoms with Gasteiger partial charge in [-0.25, -0.2) is 4.98 Å². The van der Waals surface area contributed by atoms with Crippen LogP contribution in [0, 0.1) is 11.8 Å². The zero-order valence-electron chi connectivity index (χ0n) is 13.4. The highest BCUT2D eigenvalue weighted by Crippen LogP contribution is 2.34. The van der Waals surface area contributed by atoms with Crippen molar-refractivity contribution in [2.45, 2.75) is 25.9 Å². The number of rotatable bonds is 6. The predicted molar refractivity (Wildman–Crippen MR) is 80.5 cm³/mol.